The van der Waals surface area contributed by atoms with Crippen LogP contribution >= 0.6 is 15.9 Å². The van der Waals surface area contributed by atoms with Crippen molar-refractivity contribution in [3.05, 3.63) is 0 Å². The molecule has 1 aliphatic rings. The molecular weight excluding hydrogens is 188 g/mol. The zero-order chi connectivity index (χ0) is 6.69. The molecule has 0 atom stereocenters. The lowest BCUT2D eigenvalue weighted by atomic mass is 10.3. The molecule has 0 bridgehead atoms. The molecule has 0 radical (unpaired) electrons. The Labute approximate surface area is 61.4 Å². The second-order valence-electron chi connectivity index (χ2n) is 1.78. The molecule has 1 fully saturated rings. The van der Waals surface area contributed by atoms with Crippen molar-refractivity contribution < 1.29 is 14.3 Å². The second kappa shape index (κ2) is 3.17. The van der Waals surface area contributed by atoms with E-state index in [2.05, 4.69) is 15.9 Å². The molecule has 0 N–H and O–H groups in total. The van der Waals surface area contributed by atoms with Gasteiger partial charge < -0.3 is 9.47 Å². The highest BCUT2D eigenvalue weighted by molar-refractivity contribution is 9.09. The normalized spacial score (nSPS) is 18.8. The minimum absolute atomic E-state index is 0.00931. The molecule has 0 unspecified atom stereocenters. The Balaban J connectivity index is 2.09. The summed E-state index contributed by atoms with van der Waals surface area (Å²) >= 11 is 2.98. The van der Waals surface area contributed by atoms with E-state index >= 15 is 0 Å². The van der Waals surface area contributed by atoms with Gasteiger partial charge in [0.05, 0.1) is 13.2 Å². The van der Waals surface area contributed by atoms with Crippen LogP contribution in [0.15, 0.2) is 0 Å². The summed E-state index contributed by atoms with van der Waals surface area (Å²) in [4.78, 5) is 10.5. The van der Waals surface area contributed by atoms with Crippen LogP contribution in [0.1, 0.15) is 0 Å². The van der Waals surface area contributed by atoms with Gasteiger partial charge in [-0.1, -0.05) is 15.9 Å². The van der Waals surface area contributed by atoms with Gasteiger partial charge in [-0.05, 0) is 0 Å². The first-order valence-electron chi connectivity index (χ1n) is 2.66. The molecular formula is C5H7BrO3. The van der Waals surface area contributed by atoms with Gasteiger partial charge in [-0.3, -0.25) is 4.79 Å². The maximum Gasteiger partial charge on any atom is 0.317 e. The molecule has 0 aromatic rings. The molecule has 0 aromatic heterocycles. The summed E-state index contributed by atoms with van der Waals surface area (Å²) in [5, 5.41) is 0.267. The molecule has 9 heavy (non-hydrogen) atoms. The molecule has 1 saturated heterocycles. The van der Waals surface area contributed by atoms with Crippen LogP contribution < -0.4 is 0 Å². The molecule has 1 rings (SSSR count). The van der Waals surface area contributed by atoms with Gasteiger partial charge in [0, 0.05) is 0 Å². The standard InChI is InChI=1S/C5H7BrO3/c6-1-5(7)9-4-2-8-3-4/h4H,1-3H2. The van der Waals surface area contributed by atoms with E-state index < -0.39 is 0 Å². The van der Waals surface area contributed by atoms with Gasteiger partial charge in [-0.15, -0.1) is 0 Å². The number of ether oxygens (including phenoxy) is 2. The van der Waals surface area contributed by atoms with Crippen molar-refractivity contribution in [1.29, 1.82) is 0 Å². The highest BCUT2D eigenvalue weighted by atomic mass is 79.9. The van der Waals surface area contributed by atoms with Crippen LogP contribution in [0, 0.1) is 0 Å². The predicted molar refractivity (Wildman–Crippen MR) is 34.5 cm³/mol. The van der Waals surface area contributed by atoms with E-state index in [1.807, 2.05) is 0 Å². The molecule has 0 aliphatic carbocycles. The third kappa shape index (κ3) is 1.95. The minimum atomic E-state index is -0.219. The maximum atomic E-state index is 10.5. The minimum Gasteiger partial charge on any atom is -0.457 e. The van der Waals surface area contributed by atoms with Gasteiger partial charge in [-0.2, -0.15) is 0 Å². The van der Waals surface area contributed by atoms with Gasteiger partial charge in [0.25, 0.3) is 0 Å². The lowest BCUT2D eigenvalue weighted by Gasteiger charge is -2.25. The number of halogens is 1. The molecule has 4 heteroatoms. The van der Waals surface area contributed by atoms with Crippen LogP contribution in [0.5, 0.6) is 0 Å². The lowest BCUT2D eigenvalue weighted by molar-refractivity contribution is -0.168. The van der Waals surface area contributed by atoms with Crippen molar-refractivity contribution >= 4 is 21.9 Å². The van der Waals surface area contributed by atoms with Gasteiger partial charge >= 0.3 is 5.97 Å². The number of alkyl halides is 1. The number of esters is 1. The van der Waals surface area contributed by atoms with Crippen LogP contribution in [0.3, 0.4) is 0 Å². The van der Waals surface area contributed by atoms with Crippen molar-refractivity contribution in [2.45, 2.75) is 6.10 Å². The largest absolute Gasteiger partial charge is 0.457 e. The Morgan fingerprint density at radius 3 is 2.78 bits per heavy atom. The topological polar surface area (TPSA) is 35.5 Å². The third-order valence-corrected chi connectivity index (χ3v) is 1.47. The van der Waals surface area contributed by atoms with Crippen molar-refractivity contribution in [1.82, 2.24) is 0 Å². The predicted octanol–water partition coefficient (Wildman–Crippen LogP) is 0.323. The van der Waals surface area contributed by atoms with E-state index in [4.69, 9.17) is 9.47 Å². The molecule has 3 nitrogen and oxygen atoms in total. The van der Waals surface area contributed by atoms with Crippen molar-refractivity contribution in [2.24, 2.45) is 0 Å². The zero-order valence-electron chi connectivity index (χ0n) is 4.80. The second-order valence-corrected chi connectivity index (χ2v) is 2.34. The highest BCUT2D eigenvalue weighted by Crippen LogP contribution is 2.05. The first-order chi connectivity index (χ1) is 4.33. The molecule has 52 valence electrons. The monoisotopic (exact) mass is 194 g/mol. The van der Waals surface area contributed by atoms with E-state index in [1.165, 1.54) is 0 Å². The number of hydrogen-bond acceptors (Lipinski definition) is 3. The van der Waals surface area contributed by atoms with Crippen LogP contribution in [-0.2, 0) is 14.3 Å². The number of rotatable bonds is 2. The Morgan fingerprint density at radius 1 is 1.78 bits per heavy atom. The Morgan fingerprint density at radius 2 is 2.44 bits per heavy atom. The van der Waals surface area contributed by atoms with Crippen LogP contribution in [-0.4, -0.2) is 30.6 Å². The quantitative estimate of drug-likeness (QED) is 0.470. The summed E-state index contributed by atoms with van der Waals surface area (Å²) in [7, 11) is 0. The van der Waals surface area contributed by atoms with Crippen molar-refractivity contribution in [2.75, 3.05) is 18.5 Å². The average molecular weight is 195 g/mol. The van der Waals surface area contributed by atoms with Crippen LogP contribution in [0.25, 0.3) is 0 Å². The molecule has 0 aromatic carbocycles. The molecule has 0 amide bonds. The summed E-state index contributed by atoms with van der Waals surface area (Å²) in [5.41, 5.74) is 0. The van der Waals surface area contributed by atoms with E-state index in [9.17, 15) is 4.79 Å². The third-order valence-electron chi connectivity index (χ3n) is 1.01. The van der Waals surface area contributed by atoms with Crippen molar-refractivity contribution in [3.8, 4) is 0 Å². The highest BCUT2D eigenvalue weighted by Gasteiger charge is 2.21. The van der Waals surface area contributed by atoms with Gasteiger partial charge in [0.1, 0.15) is 11.4 Å². The van der Waals surface area contributed by atoms with Gasteiger partial charge in [0.15, 0.2) is 0 Å². The van der Waals surface area contributed by atoms with E-state index in [-0.39, 0.29) is 17.4 Å². The number of hydrogen-bond donors (Lipinski definition) is 0. The molecule has 1 aliphatic heterocycles. The van der Waals surface area contributed by atoms with E-state index in [1.54, 1.807) is 0 Å². The summed E-state index contributed by atoms with van der Waals surface area (Å²) in [6, 6.07) is 0. The smallest absolute Gasteiger partial charge is 0.317 e. The van der Waals surface area contributed by atoms with Gasteiger partial charge in [-0.25, -0.2) is 0 Å². The number of carbonyl (C=O) groups excluding carboxylic acids is 1. The lowest BCUT2D eigenvalue weighted by Crippen LogP contribution is -2.38. The van der Waals surface area contributed by atoms with Crippen molar-refractivity contribution in [3.63, 3.8) is 0 Å². The zero-order valence-corrected chi connectivity index (χ0v) is 6.39. The Kier molecular flexibility index (Phi) is 2.48. The van der Waals surface area contributed by atoms with Crippen LogP contribution in [0.2, 0.25) is 0 Å². The first-order valence-corrected chi connectivity index (χ1v) is 3.78. The first kappa shape index (κ1) is 7.02. The number of carbonyl (C=O) groups is 1. The maximum absolute atomic E-state index is 10.5. The Bertz CT molecular complexity index is 111. The molecule has 0 spiro atoms. The SMILES string of the molecule is O=C(CBr)OC1COC1. The fourth-order valence-corrected chi connectivity index (χ4v) is 0.632. The average Bonchev–Trinajstić information content (AvgIpc) is 1.78. The fourth-order valence-electron chi connectivity index (χ4n) is 0.500. The van der Waals surface area contributed by atoms with E-state index in [0.29, 0.717) is 13.2 Å². The summed E-state index contributed by atoms with van der Waals surface area (Å²) in [6.45, 7) is 1.11. The van der Waals surface area contributed by atoms with E-state index in [0.717, 1.165) is 0 Å². The van der Waals surface area contributed by atoms with Gasteiger partial charge in [0.2, 0.25) is 0 Å². The summed E-state index contributed by atoms with van der Waals surface area (Å²) in [6.07, 6.45) is 0.00931. The molecule has 1 heterocycles. The fraction of sp³-hybridized carbons (Fsp3) is 0.800. The Hall–Kier alpha value is -0.0900. The summed E-state index contributed by atoms with van der Waals surface area (Å²) < 4.78 is 9.61. The van der Waals surface area contributed by atoms with Crippen LogP contribution in [0.4, 0.5) is 0 Å². The summed E-state index contributed by atoms with van der Waals surface area (Å²) in [5.74, 6) is -0.219. The molecule has 0 saturated carbocycles.